The molecule has 6 aromatic carbocycles. The van der Waals surface area contributed by atoms with Crippen LogP contribution in [0.2, 0.25) is 0 Å². The largest absolute Gasteiger partial charge is 0.480 e. The van der Waals surface area contributed by atoms with Crippen LogP contribution in [0.1, 0.15) is 29.2 Å². The van der Waals surface area contributed by atoms with Gasteiger partial charge < -0.3 is 24.7 Å². The molecule has 1 fully saturated rings. The summed E-state index contributed by atoms with van der Waals surface area (Å²) >= 11 is 0. The van der Waals surface area contributed by atoms with Crippen LogP contribution >= 0.6 is 0 Å². The summed E-state index contributed by atoms with van der Waals surface area (Å²) in [6.07, 6.45) is -1.32. The molecule has 8 nitrogen and oxygen atoms in total. The fraction of sp³-hybridized carbons (Fsp3) is 0.152. The normalized spacial score (nSPS) is 16.1. The number of aliphatic carboxylic acids is 1. The monoisotopic (exact) mass is 752 g/mol. The van der Waals surface area contributed by atoms with Crippen LogP contribution in [0.4, 0.5) is 13.6 Å². The molecular formula is C46H38F2N2O6. The van der Waals surface area contributed by atoms with E-state index in [2.05, 4.69) is 0 Å². The lowest BCUT2D eigenvalue weighted by atomic mass is 9.81. The molecule has 1 heterocycles. The molecule has 0 radical (unpaired) electrons. The van der Waals surface area contributed by atoms with Gasteiger partial charge in [-0.2, -0.15) is 0 Å². The van der Waals surface area contributed by atoms with Crippen molar-refractivity contribution in [2.45, 2.75) is 43.8 Å². The molecule has 0 bridgehead atoms. The zero-order chi connectivity index (χ0) is 39.4. The van der Waals surface area contributed by atoms with E-state index in [1.165, 1.54) is 36.1 Å². The summed E-state index contributed by atoms with van der Waals surface area (Å²) < 4.78 is 33.4. The second-order valence-corrected chi connectivity index (χ2v) is 13.8. The van der Waals surface area contributed by atoms with E-state index in [0.29, 0.717) is 22.3 Å². The molecule has 7 rings (SSSR count). The minimum atomic E-state index is -1.99. The minimum absolute atomic E-state index is 0.0635. The first-order valence-electron chi connectivity index (χ1n) is 18.1. The third kappa shape index (κ3) is 7.65. The summed E-state index contributed by atoms with van der Waals surface area (Å²) in [7, 11) is 0. The first-order valence-corrected chi connectivity index (χ1v) is 18.1. The van der Waals surface area contributed by atoms with E-state index in [9.17, 15) is 33.4 Å². The zero-order valence-corrected chi connectivity index (χ0v) is 30.3. The number of rotatable bonds is 12. The fourth-order valence-electron chi connectivity index (χ4n) is 7.24. The maximum absolute atomic E-state index is 14.5. The summed E-state index contributed by atoms with van der Waals surface area (Å²) in [5, 5.41) is 23.4. The van der Waals surface area contributed by atoms with E-state index >= 15 is 0 Å². The molecule has 0 aromatic heterocycles. The number of carboxylic acid groups (broad SMARTS) is 1. The second-order valence-electron chi connectivity index (χ2n) is 13.8. The van der Waals surface area contributed by atoms with Gasteiger partial charge in [0, 0.05) is 13.1 Å². The van der Waals surface area contributed by atoms with E-state index in [1.54, 1.807) is 127 Å². The highest BCUT2D eigenvalue weighted by molar-refractivity contribution is 5.96. The van der Waals surface area contributed by atoms with Gasteiger partial charge in [-0.3, -0.25) is 0 Å². The molecule has 2 N–H and O–H groups in total. The smallest absolute Gasteiger partial charge is 0.332 e. The Hall–Kier alpha value is -6.65. The van der Waals surface area contributed by atoms with Crippen molar-refractivity contribution < 1.29 is 38.1 Å². The average molecular weight is 753 g/mol. The first-order chi connectivity index (χ1) is 27.0. The van der Waals surface area contributed by atoms with Gasteiger partial charge in [-0.05, 0) is 75.7 Å². The van der Waals surface area contributed by atoms with Crippen LogP contribution in [0.25, 0.3) is 22.3 Å². The Bertz CT molecular complexity index is 2220. The van der Waals surface area contributed by atoms with Gasteiger partial charge in [0.15, 0.2) is 17.7 Å². The number of nitrogens with zero attached hydrogens (tertiary/aromatic N) is 2. The van der Waals surface area contributed by atoms with Gasteiger partial charge in [-0.1, -0.05) is 133 Å². The summed E-state index contributed by atoms with van der Waals surface area (Å²) in [6.45, 7) is 1.38. The van der Waals surface area contributed by atoms with E-state index in [-0.39, 0.29) is 24.7 Å². The lowest BCUT2D eigenvalue weighted by molar-refractivity contribution is -0.168. The SMILES string of the molecule is C[C@H](OC(=O)[C@H]1[C@@H](C(=O)O)N(Cc2ccccc2)C(=O)N1Cc1ccccc1)C(O)(c1ccc(-c2ccc(F)cc2)cc1)c1ccc(-c2ccc(F)cc2)cc1. The fourth-order valence-corrected chi connectivity index (χ4v) is 7.24. The molecule has 1 aliphatic heterocycles. The number of benzene rings is 6. The topological polar surface area (TPSA) is 107 Å². The van der Waals surface area contributed by atoms with Gasteiger partial charge in [0.25, 0.3) is 0 Å². The predicted molar refractivity (Wildman–Crippen MR) is 207 cm³/mol. The predicted octanol–water partition coefficient (Wildman–Crippen LogP) is 8.43. The molecule has 0 unspecified atom stereocenters. The standard InChI is InChI=1S/C46H38F2N2O6/c1-30(56-44(53)42-41(43(51)52)49(28-31-8-4-2-5-9-31)45(54)50(42)29-32-10-6-3-7-11-32)46(55,37-20-12-33(13-21-37)35-16-24-39(47)25-17-35)38-22-14-34(15-23-38)36-18-26-40(48)27-19-36/h2-27,30,41-42,55H,28-29H2,1H3,(H,51,52)/t30-,41-,42+/m0/s1. The molecule has 282 valence electrons. The van der Waals surface area contributed by atoms with Crippen LogP contribution in [-0.4, -0.2) is 56.2 Å². The lowest BCUT2D eigenvalue weighted by Crippen LogP contribution is -2.51. The van der Waals surface area contributed by atoms with Crippen LogP contribution < -0.4 is 0 Å². The Morgan fingerprint density at radius 3 is 1.34 bits per heavy atom. The van der Waals surface area contributed by atoms with Crippen molar-refractivity contribution in [3.8, 4) is 22.3 Å². The molecule has 1 saturated heterocycles. The Balaban J connectivity index is 1.25. The molecule has 10 heteroatoms. The quantitative estimate of drug-likeness (QED) is 0.122. The van der Waals surface area contributed by atoms with Crippen molar-refractivity contribution in [3.05, 3.63) is 192 Å². The van der Waals surface area contributed by atoms with E-state index < -0.39 is 41.8 Å². The molecule has 3 atom stereocenters. The number of carbonyl (C=O) groups excluding carboxylic acids is 2. The molecular weight excluding hydrogens is 715 g/mol. The van der Waals surface area contributed by atoms with E-state index in [4.69, 9.17) is 4.74 Å². The van der Waals surface area contributed by atoms with Gasteiger partial charge >= 0.3 is 18.0 Å². The number of urea groups is 1. The summed E-state index contributed by atoms with van der Waals surface area (Å²) in [4.78, 5) is 43.9. The van der Waals surface area contributed by atoms with E-state index in [1.807, 2.05) is 6.07 Å². The number of esters is 1. The maximum Gasteiger partial charge on any atom is 0.332 e. The first kappa shape index (κ1) is 37.7. The lowest BCUT2D eigenvalue weighted by Gasteiger charge is -2.36. The van der Waals surface area contributed by atoms with Crippen molar-refractivity contribution in [2.75, 3.05) is 0 Å². The van der Waals surface area contributed by atoms with Crippen LogP contribution in [0.15, 0.2) is 158 Å². The molecule has 0 aliphatic carbocycles. The number of amides is 2. The highest BCUT2D eigenvalue weighted by atomic mass is 19.1. The zero-order valence-electron chi connectivity index (χ0n) is 30.3. The summed E-state index contributed by atoms with van der Waals surface area (Å²) in [5.41, 5.74) is 3.04. The maximum atomic E-state index is 14.5. The van der Waals surface area contributed by atoms with Crippen molar-refractivity contribution in [1.29, 1.82) is 0 Å². The van der Waals surface area contributed by atoms with Crippen molar-refractivity contribution in [1.82, 2.24) is 9.80 Å². The number of carbonyl (C=O) groups is 3. The van der Waals surface area contributed by atoms with Crippen molar-refractivity contribution >= 4 is 18.0 Å². The van der Waals surface area contributed by atoms with Gasteiger partial charge in [0.1, 0.15) is 17.7 Å². The molecule has 0 saturated carbocycles. The van der Waals surface area contributed by atoms with Gasteiger partial charge in [0.2, 0.25) is 0 Å². The Morgan fingerprint density at radius 2 is 0.964 bits per heavy atom. The van der Waals surface area contributed by atoms with Crippen LogP contribution in [-0.2, 0) is 33.0 Å². The number of hydrogen-bond acceptors (Lipinski definition) is 5. The van der Waals surface area contributed by atoms with Crippen molar-refractivity contribution in [3.63, 3.8) is 0 Å². The second kappa shape index (κ2) is 16.0. The third-order valence-corrected chi connectivity index (χ3v) is 10.2. The Morgan fingerprint density at radius 1 is 0.607 bits per heavy atom. The minimum Gasteiger partial charge on any atom is -0.480 e. The van der Waals surface area contributed by atoms with Gasteiger partial charge in [-0.25, -0.2) is 23.2 Å². The molecule has 1 aliphatic rings. The number of hydrogen-bond donors (Lipinski definition) is 2. The molecule has 2 amide bonds. The molecule has 56 heavy (non-hydrogen) atoms. The Labute approximate surface area is 322 Å². The highest BCUT2D eigenvalue weighted by Crippen LogP contribution is 2.38. The third-order valence-electron chi connectivity index (χ3n) is 10.2. The van der Waals surface area contributed by atoms with Gasteiger partial charge in [-0.15, -0.1) is 0 Å². The number of carboxylic acids is 1. The summed E-state index contributed by atoms with van der Waals surface area (Å²) in [5.74, 6) is -3.14. The van der Waals surface area contributed by atoms with Crippen LogP contribution in [0, 0.1) is 11.6 Å². The summed E-state index contributed by atoms with van der Waals surface area (Å²) in [6, 6.07) is 39.7. The average Bonchev–Trinajstić information content (AvgIpc) is 3.49. The number of ether oxygens (including phenoxy) is 1. The highest BCUT2D eigenvalue weighted by Gasteiger charge is 2.55. The van der Waals surface area contributed by atoms with Crippen LogP contribution in [0.5, 0.6) is 0 Å². The van der Waals surface area contributed by atoms with Crippen LogP contribution in [0.3, 0.4) is 0 Å². The Kier molecular flexibility index (Phi) is 10.7. The van der Waals surface area contributed by atoms with Crippen molar-refractivity contribution in [2.24, 2.45) is 0 Å². The van der Waals surface area contributed by atoms with E-state index in [0.717, 1.165) is 27.2 Å². The molecule has 6 aromatic rings. The number of aliphatic hydroxyl groups is 1. The number of halogens is 2. The molecule has 0 spiro atoms. The van der Waals surface area contributed by atoms with Gasteiger partial charge in [0.05, 0.1) is 0 Å².